The molecule has 15 heavy (non-hydrogen) atoms. The molecule has 0 spiro atoms. The number of methoxy groups -OCH3 is 1. The lowest BCUT2D eigenvalue weighted by atomic mass is 10.1. The Balaban J connectivity index is 1.59. The second-order valence-electron chi connectivity index (χ2n) is 4.29. The van der Waals surface area contributed by atoms with Gasteiger partial charge in [0, 0.05) is 0 Å². The minimum absolute atomic E-state index is 0.0156. The van der Waals surface area contributed by atoms with Crippen molar-refractivity contribution in [3.05, 3.63) is 0 Å². The average molecular weight is 214 g/mol. The summed E-state index contributed by atoms with van der Waals surface area (Å²) < 4.78 is 21.1. The molecule has 2 heterocycles. The van der Waals surface area contributed by atoms with Crippen molar-refractivity contribution in [2.75, 3.05) is 20.3 Å². The van der Waals surface area contributed by atoms with Crippen molar-refractivity contribution in [1.82, 2.24) is 0 Å². The lowest BCUT2D eigenvalue weighted by Gasteiger charge is -2.26. The van der Waals surface area contributed by atoms with E-state index in [1.807, 2.05) is 0 Å². The van der Waals surface area contributed by atoms with Crippen molar-refractivity contribution in [1.29, 1.82) is 0 Å². The standard InChI is InChI=1S/C10H14O5/c1-12-8(11)4-13-9-6-2-5(6)7-3-14-10(9)15-7/h5-7,9-10H,2-4H2,1H3/t5-,6+,7-,9+,10+/m0/s1. The number of carbonyl (C=O) groups excluding carboxylic acids is 1. The third-order valence-electron chi connectivity index (χ3n) is 3.41. The number of carbonyl (C=O) groups is 1. The molecule has 2 saturated heterocycles. The van der Waals surface area contributed by atoms with E-state index in [0.29, 0.717) is 18.4 Å². The molecule has 0 N–H and O–H groups in total. The fraction of sp³-hybridized carbons (Fsp3) is 0.900. The molecule has 0 radical (unpaired) electrons. The van der Waals surface area contributed by atoms with E-state index in [1.54, 1.807) is 0 Å². The van der Waals surface area contributed by atoms with E-state index in [1.165, 1.54) is 7.11 Å². The number of esters is 1. The molecule has 2 bridgehead atoms. The van der Waals surface area contributed by atoms with Gasteiger partial charge in [-0.25, -0.2) is 4.79 Å². The van der Waals surface area contributed by atoms with Gasteiger partial charge in [-0.3, -0.25) is 0 Å². The number of ether oxygens (including phenoxy) is 4. The summed E-state index contributed by atoms with van der Waals surface area (Å²) in [7, 11) is 1.35. The molecular formula is C10H14O5. The van der Waals surface area contributed by atoms with Crippen molar-refractivity contribution in [3.8, 4) is 0 Å². The zero-order chi connectivity index (χ0) is 10.4. The van der Waals surface area contributed by atoms with Crippen LogP contribution in [0.2, 0.25) is 0 Å². The van der Waals surface area contributed by atoms with Crippen LogP contribution in [0.4, 0.5) is 0 Å². The first-order valence-electron chi connectivity index (χ1n) is 5.25. The van der Waals surface area contributed by atoms with Crippen LogP contribution in [0.15, 0.2) is 0 Å². The summed E-state index contributed by atoms with van der Waals surface area (Å²) in [6, 6.07) is 0. The highest BCUT2D eigenvalue weighted by atomic mass is 16.7. The van der Waals surface area contributed by atoms with Gasteiger partial charge in [0.2, 0.25) is 0 Å². The quantitative estimate of drug-likeness (QED) is 0.616. The largest absolute Gasteiger partial charge is 0.467 e. The highest BCUT2D eigenvalue weighted by molar-refractivity contribution is 5.70. The fourth-order valence-corrected chi connectivity index (χ4v) is 2.51. The highest BCUT2D eigenvalue weighted by Gasteiger charge is 2.59. The van der Waals surface area contributed by atoms with E-state index in [2.05, 4.69) is 4.74 Å². The Bertz CT molecular complexity index is 279. The molecule has 0 aromatic carbocycles. The Morgan fingerprint density at radius 2 is 2.33 bits per heavy atom. The third kappa shape index (κ3) is 1.55. The third-order valence-corrected chi connectivity index (χ3v) is 3.41. The summed E-state index contributed by atoms with van der Waals surface area (Å²) in [6.07, 6.45) is 1.03. The molecule has 5 nitrogen and oxygen atoms in total. The van der Waals surface area contributed by atoms with Crippen LogP contribution >= 0.6 is 0 Å². The summed E-state index contributed by atoms with van der Waals surface area (Å²) in [5.74, 6) is 0.736. The van der Waals surface area contributed by atoms with Crippen molar-refractivity contribution in [3.63, 3.8) is 0 Å². The van der Waals surface area contributed by atoms with Crippen LogP contribution in [-0.2, 0) is 23.7 Å². The lowest BCUT2D eigenvalue weighted by molar-refractivity contribution is -0.186. The van der Waals surface area contributed by atoms with Gasteiger partial charge in [-0.1, -0.05) is 0 Å². The van der Waals surface area contributed by atoms with Gasteiger partial charge in [-0.05, 0) is 18.3 Å². The van der Waals surface area contributed by atoms with Crippen LogP contribution in [0.5, 0.6) is 0 Å². The van der Waals surface area contributed by atoms with Gasteiger partial charge in [0.05, 0.1) is 19.8 Å². The smallest absolute Gasteiger partial charge is 0.331 e. The topological polar surface area (TPSA) is 54.0 Å². The molecule has 0 aromatic heterocycles. The van der Waals surface area contributed by atoms with E-state index in [-0.39, 0.29) is 31.1 Å². The Labute approximate surface area is 87.6 Å². The summed E-state index contributed by atoms with van der Waals surface area (Å²) >= 11 is 0. The van der Waals surface area contributed by atoms with Crippen molar-refractivity contribution in [2.24, 2.45) is 11.8 Å². The van der Waals surface area contributed by atoms with Gasteiger partial charge >= 0.3 is 5.97 Å². The minimum Gasteiger partial charge on any atom is -0.467 e. The SMILES string of the molecule is COC(=O)CO[C@H]1[C@@H]2OC[C@H](O2)[C@H]2C[C@H]21. The normalized spacial score (nSPS) is 46.1. The van der Waals surface area contributed by atoms with E-state index in [0.717, 1.165) is 6.42 Å². The van der Waals surface area contributed by atoms with Crippen LogP contribution in [0, 0.1) is 11.8 Å². The van der Waals surface area contributed by atoms with Crippen LogP contribution < -0.4 is 0 Å². The predicted molar refractivity (Wildman–Crippen MR) is 48.0 cm³/mol. The summed E-state index contributed by atoms with van der Waals surface area (Å²) in [5, 5.41) is 0. The van der Waals surface area contributed by atoms with Gasteiger partial charge < -0.3 is 18.9 Å². The van der Waals surface area contributed by atoms with Crippen molar-refractivity contribution < 1.29 is 23.7 Å². The van der Waals surface area contributed by atoms with E-state index in [9.17, 15) is 4.79 Å². The first-order valence-corrected chi connectivity index (χ1v) is 5.25. The Morgan fingerprint density at radius 3 is 3.13 bits per heavy atom. The number of hydrogen-bond acceptors (Lipinski definition) is 5. The molecule has 84 valence electrons. The molecule has 0 amide bonds. The fourth-order valence-electron chi connectivity index (χ4n) is 2.51. The number of hydrogen-bond donors (Lipinski definition) is 0. The predicted octanol–water partition coefficient (Wildman–Crippen LogP) is -0.0642. The summed E-state index contributed by atoms with van der Waals surface area (Å²) in [4.78, 5) is 11.0. The zero-order valence-electron chi connectivity index (χ0n) is 8.55. The molecule has 1 saturated carbocycles. The molecule has 1 aliphatic carbocycles. The molecule has 2 aliphatic heterocycles. The molecule has 3 rings (SSSR count). The molecule has 5 atom stereocenters. The molecular weight excluding hydrogens is 200 g/mol. The van der Waals surface area contributed by atoms with Gasteiger partial charge in [-0.15, -0.1) is 0 Å². The van der Waals surface area contributed by atoms with Gasteiger partial charge in [0.15, 0.2) is 6.29 Å². The Kier molecular flexibility index (Phi) is 2.19. The zero-order valence-corrected chi connectivity index (χ0v) is 8.55. The summed E-state index contributed by atoms with van der Waals surface area (Å²) in [6.45, 7) is 0.655. The maximum atomic E-state index is 11.0. The van der Waals surface area contributed by atoms with Gasteiger partial charge in [0.25, 0.3) is 0 Å². The first kappa shape index (κ1) is 9.57. The van der Waals surface area contributed by atoms with Crippen molar-refractivity contribution >= 4 is 5.97 Å². The van der Waals surface area contributed by atoms with E-state index in [4.69, 9.17) is 14.2 Å². The monoisotopic (exact) mass is 214 g/mol. The van der Waals surface area contributed by atoms with Gasteiger partial charge in [-0.2, -0.15) is 0 Å². The average Bonchev–Trinajstić information content (AvgIpc) is 2.93. The number of fused-ring (bicyclic) bond motifs is 4. The van der Waals surface area contributed by atoms with Crippen molar-refractivity contribution in [2.45, 2.75) is 24.9 Å². The van der Waals surface area contributed by atoms with Crippen LogP contribution in [0.3, 0.4) is 0 Å². The van der Waals surface area contributed by atoms with Crippen LogP contribution in [0.25, 0.3) is 0 Å². The molecule has 3 aliphatic rings. The molecule has 0 aromatic rings. The highest BCUT2D eigenvalue weighted by Crippen LogP contribution is 2.53. The van der Waals surface area contributed by atoms with E-state index >= 15 is 0 Å². The maximum absolute atomic E-state index is 11.0. The minimum atomic E-state index is -0.354. The summed E-state index contributed by atoms with van der Waals surface area (Å²) in [5.41, 5.74) is 0. The van der Waals surface area contributed by atoms with E-state index < -0.39 is 0 Å². The van der Waals surface area contributed by atoms with Crippen LogP contribution in [0.1, 0.15) is 6.42 Å². The molecule has 3 fully saturated rings. The number of rotatable bonds is 3. The molecule has 5 heteroatoms. The second-order valence-corrected chi connectivity index (χ2v) is 4.29. The first-order chi connectivity index (χ1) is 7.29. The maximum Gasteiger partial charge on any atom is 0.331 e. The van der Waals surface area contributed by atoms with Gasteiger partial charge in [0.1, 0.15) is 12.7 Å². The Morgan fingerprint density at radius 1 is 1.47 bits per heavy atom. The van der Waals surface area contributed by atoms with Crippen LogP contribution in [-0.4, -0.2) is 44.8 Å². The lowest BCUT2D eigenvalue weighted by Crippen LogP contribution is -2.38. The molecule has 0 unspecified atom stereocenters. The second kappa shape index (κ2) is 3.43. The Hall–Kier alpha value is -0.650.